The van der Waals surface area contributed by atoms with Crippen molar-refractivity contribution >= 4 is 0 Å². The molecule has 0 atom stereocenters. The lowest BCUT2D eigenvalue weighted by atomic mass is 10.3. The highest BCUT2D eigenvalue weighted by Gasteiger charge is 2.13. The number of rotatable bonds is 2. The Morgan fingerprint density at radius 3 is 1.30 bits per heavy atom. The fourth-order valence-corrected chi connectivity index (χ4v) is 1.10. The van der Waals surface area contributed by atoms with Crippen LogP contribution in [0.5, 0.6) is 0 Å². The van der Waals surface area contributed by atoms with Gasteiger partial charge in [0.1, 0.15) is 0 Å². The average Bonchev–Trinajstić information content (AvgIpc) is 2.05. The van der Waals surface area contributed by atoms with Crippen molar-refractivity contribution in [1.29, 1.82) is 0 Å². The summed E-state index contributed by atoms with van der Waals surface area (Å²) in [5.41, 5.74) is 0. The van der Waals surface area contributed by atoms with E-state index in [1.807, 2.05) is 13.1 Å². The van der Waals surface area contributed by atoms with Crippen molar-refractivity contribution in [3.05, 3.63) is 26.9 Å². The Balaban J connectivity index is 2.17. The van der Waals surface area contributed by atoms with Gasteiger partial charge < -0.3 is 0 Å². The Kier molecular flexibility index (Phi) is 3.16. The van der Waals surface area contributed by atoms with Crippen molar-refractivity contribution in [1.82, 2.24) is 9.80 Å². The van der Waals surface area contributed by atoms with Crippen LogP contribution in [0.2, 0.25) is 0 Å². The molecule has 0 spiro atoms. The Morgan fingerprint density at radius 1 is 0.800 bits per heavy atom. The predicted molar refractivity (Wildman–Crippen MR) is 42.5 cm³/mol. The van der Waals surface area contributed by atoms with Gasteiger partial charge in [-0.15, -0.1) is 0 Å². The molecule has 0 saturated carbocycles. The quantitative estimate of drug-likeness (QED) is 0.551. The molecule has 0 aromatic rings. The lowest BCUT2D eigenvalue weighted by Crippen LogP contribution is -2.43. The third-order valence-corrected chi connectivity index (χ3v) is 1.87. The number of piperazine rings is 1. The van der Waals surface area contributed by atoms with E-state index in [9.17, 15) is 0 Å². The van der Waals surface area contributed by atoms with E-state index < -0.39 is 0 Å². The van der Waals surface area contributed by atoms with Crippen molar-refractivity contribution in [2.45, 2.75) is 0 Å². The maximum absolute atomic E-state index is 3.72. The molecule has 1 aliphatic rings. The van der Waals surface area contributed by atoms with Gasteiger partial charge in [-0.1, -0.05) is 0 Å². The first-order valence-corrected chi connectivity index (χ1v) is 3.60. The van der Waals surface area contributed by atoms with E-state index in [1.165, 1.54) is 0 Å². The van der Waals surface area contributed by atoms with Crippen LogP contribution < -0.4 is 0 Å². The first-order valence-electron chi connectivity index (χ1n) is 3.60. The number of hydrogen-bond donors (Lipinski definition) is 0. The fourth-order valence-electron chi connectivity index (χ4n) is 1.10. The minimum Gasteiger partial charge on any atom is -0.296 e. The molecule has 0 aromatic carbocycles. The molecule has 10 heavy (non-hydrogen) atoms. The zero-order valence-corrected chi connectivity index (χ0v) is 6.29. The second-order valence-corrected chi connectivity index (χ2v) is 2.44. The van der Waals surface area contributed by atoms with Gasteiger partial charge in [0.15, 0.2) is 0 Å². The summed E-state index contributed by atoms with van der Waals surface area (Å²) < 4.78 is 0. The maximum atomic E-state index is 3.72. The summed E-state index contributed by atoms with van der Waals surface area (Å²) in [6.07, 6.45) is 0. The van der Waals surface area contributed by atoms with Crippen LogP contribution in [0.25, 0.3) is 0 Å². The van der Waals surface area contributed by atoms with Gasteiger partial charge in [0, 0.05) is 39.3 Å². The smallest absolute Gasteiger partial charge is 0.0253 e. The topological polar surface area (TPSA) is 6.48 Å². The van der Waals surface area contributed by atoms with Crippen molar-refractivity contribution in [3.63, 3.8) is 0 Å². The molecule has 1 saturated heterocycles. The Labute approximate surface area is 63.8 Å². The fraction of sp³-hybridized carbons (Fsp3) is 0.500. The SMILES string of the molecule is [CH2][CH]N1CCN([CH][CH2])CC1. The molecule has 1 aliphatic heterocycles. The van der Waals surface area contributed by atoms with E-state index in [0.29, 0.717) is 0 Å². The zero-order chi connectivity index (χ0) is 7.40. The molecule has 2 heteroatoms. The van der Waals surface area contributed by atoms with E-state index in [-0.39, 0.29) is 0 Å². The summed E-state index contributed by atoms with van der Waals surface area (Å²) >= 11 is 0. The van der Waals surface area contributed by atoms with E-state index in [1.54, 1.807) is 0 Å². The Morgan fingerprint density at radius 2 is 1.10 bits per heavy atom. The summed E-state index contributed by atoms with van der Waals surface area (Å²) in [5.74, 6) is 0. The molecule has 0 unspecified atom stereocenters. The second-order valence-electron chi connectivity index (χ2n) is 2.44. The normalized spacial score (nSPS) is 23.4. The first kappa shape index (κ1) is 8.02. The van der Waals surface area contributed by atoms with Gasteiger partial charge in [0.2, 0.25) is 0 Å². The van der Waals surface area contributed by atoms with Crippen LogP contribution in [0, 0.1) is 26.9 Å². The Bertz CT molecular complexity index is 73.3. The highest BCUT2D eigenvalue weighted by atomic mass is 15.2. The Hall–Kier alpha value is -0.0800. The molecule has 0 aliphatic carbocycles. The van der Waals surface area contributed by atoms with Gasteiger partial charge >= 0.3 is 0 Å². The number of hydrogen-bond acceptors (Lipinski definition) is 2. The molecule has 0 aromatic heterocycles. The van der Waals surface area contributed by atoms with Crippen LogP contribution in [0.1, 0.15) is 0 Å². The first-order chi connectivity index (χ1) is 4.86. The second kappa shape index (κ2) is 3.94. The van der Waals surface area contributed by atoms with E-state index >= 15 is 0 Å². The monoisotopic (exact) mass is 138 g/mol. The standard InChI is InChI=1S/C8H14N2/c1-3-9-5-7-10(4-2)8-6-9/h3-4H,1-2,5-8H2. The lowest BCUT2D eigenvalue weighted by Gasteiger charge is -2.32. The van der Waals surface area contributed by atoms with Crippen LogP contribution in [0.3, 0.4) is 0 Å². The lowest BCUT2D eigenvalue weighted by molar-refractivity contribution is 0.192. The van der Waals surface area contributed by atoms with Gasteiger partial charge in [-0.25, -0.2) is 0 Å². The summed E-state index contributed by atoms with van der Waals surface area (Å²) in [7, 11) is 0. The molecule has 0 amide bonds. The average molecular weight is 138 g/mol. The summed E-state index contributed by atoms with van der Waals surface area (Å²) in [5, 5.41) is 0. The molecule has 0 N–H and O–H groups in total. The minimum absolute atomic E-state index is 1.08. The maximum Gasteiger partial charge on any atom is 0.0253 e. The van der Waals surface area contributed by atoms with Crippen LogP contribution in [0.15, 0.2) is 0 Å². The number of nitrogens with zero attached hydrogens (tertiary/aromatic N) is 2. The van der Waals surface area contributed by atoms with E-state index in [4.69, 9.17) is 0 Å². The highest BCUT2D eigenvalue weighted by Crippen LogP contribution is 2.03. The van der Waals surface area contributed by atoms with Crippen molar-refractivity contribution in [2.75, 3.05) is 26.2 Å². The third-order valence-electron chi connectivity index (χ3n) is 1.87. The van der Waals surface area contributed by atoms with Crippen molar-refractivity contribution in [3.8, 4) is 0 Å². The van der Waals surface area contributed by atoms with E-state index in [0.717, 1.165) is 26.2 Å². The molecule has 1 heterocycles. The molecule has 1 rings (SSSR count). The molecule has 2 nitrogen and oxygen atoms in total. The predicted octanol–water partition coefficient (Wildman–Crippen LogP) is 0.596. The van der Waals surface area contributed by atoms with Gasteiger partial charge in [0.05, 0.1) is 0 Å². The van der Waals surface area contributed by atoms with Gasteiger partial charge in [-0.05, 0) is 13.8 Å². The summed E-state index contributed by atoms with van der Waals surface area (Å²) in [6, 6.07) is 0. The van der Waals surface area contributed by atoms with Crippen LogP contribution in [-0.4, -0.2) is 36.0 Å². The zero-order valence-electron chi connectivity index (χ0n) is 6.29. The summed E-state index contributed by atoms with van der Waals surface area (Å²) in [4.78, 5) is 4.44. The largest absolute Gasteiger partial charge is 0.296 e. The van der Waals surface area contributed by atoms with E-state index in [2.05, 4.69) is 23.6 Å². The molecule has 4 radical (unpaired) electrons. The molecular formula is C8H14N2. The van der Waals surface area contributed by atoms with Crippen LogP contribution in [-0.2, 0) is 0 Å². The molecule has 0 bridgehead atoms. The van der Waals surface area contributed by atoms with Gasteiger partial charge in [0.25, 0.3) is 0 Å². The molecule has 56 valence electrons. The molecule has 1 fully saturated rings. The van der Waals surface area contributed by atoms with Gasteiger partial charge in [-0.2, -0.15) is 0 Å². The summed E-state index contributed by atoms with van der Waals surface area (Å²) in [6.45, 7) is 15.6. The van der Waals surface area contributed by atoms with Crippen LogP contribution in [0.4, 0.5) is 0 Å². The third kappa shape index (κ3) is 1.96. The van der Waals surface area contributed by atoms with Crippen molar-refractivity contribution < 1.29 is 0 Å². The molecular weight excluding hydrogens is 124 g/mol. The highest BCUT2D eigenvalue weighted by molar-refractivity contribution is 4.82. The van der Waals surface area contributed by atoms with Gasteiger partial charge in [-0.3, -0.25) is 9.80 Å². The minimum atomic E-state index is 1.08. The van der Waals surface area contributed by atoms with Crippen molar-refractivity contribution in [2.24, 2.45) is 0 Å². The van der Waals surface area contributed by atoms with Crippen LogP contribution >= 0.6 is 0 Å².